The molecule has 0 aliphatic rings. The maximum absolute atomic E-state index is 13.1. The summed E-state index contributed by atoms with van der Waals surface area (Å²) in [7, 11) is 0. The van der Waals surface area contributed by atoms with Gasteiger partial charge in [0, 0.05) is 39.5 Å². The minimum absolute atomic E-state index is 0.295. The van der Waals surface area contributed by atoms with Gasteiger partial charge in [-0.05, 0) is 57.0 Å². The molecule has 5 aromatic rings. The quantitative estimate of drug-likeness (QED) is 0.384. The van der Waals surface area contributed by atoms with Crippen molar-refractivity contribution in [2.24, 2.45) is 0 Å². The van der Waals surface area contributed by atoms with Crippen LogP contribution in [0.25, 0.3) is 21.9 Å². The fraction of sp³-hybridized carbons (Fsp3) is 0.192. The summed E-state index contributed by atoms with van der Waals surface area (Å²) in [6, 6.07) is 14.1. The van der Waals surface area contributed by atoms with Crippen LogP contribution in [0.2, 0.25) is 5.02 Å². The molecule has 5 rings (SSSR count). The summed E-state index contributed by atoms with van der Waals surface area (Å²) < 4.78 is 3.96. The highest BCUT2D eigenvalue weighted by Crippen LogP contribution is 2.30. The number of rotatable bonds is 3. The van der Waals surface area contributed by atoms with E-state index >= 15 is 0 Å². The second-order valence-electron chi connectivity index (χ2n) is 8.34. The number of hydrogen-bond donors (Lipinski definition) is 0. The van der Waals surface area contributed by atoms with Crippen LogP contribution in [0.1, 0.15) is 33.6 Å². The number of nitrogens with zero attached hydrogens (tertiary/aromatic N) is 3. The maximum atomic E-state index is 13.1. The molecule has 0 saturated carbocycles. The van der Waals surface area contributed by atoms with E-state index in [1.54, 1.807) is 13.8 Å². The Hall–Kier alpha value is -3.22. The lowest BCUT2D eigenvalue weighted by Gasteiger charge is -2.10. The van der Waals surface area contributed by atoms with Crippen LogP contribution in [0.3, 0.4) is 0 Å². The zero-order valence-corrected chi connectivity index (χ0v) is 20.3. The average molecular weight is 476 g/mol. The Morgan fingerprint density at radius 2 is 1.73 bits per heavy atom. The highest BCUT2D eigenvalue weighted by molar-refractivity contribution is 7.15. The molecule has 33 heavy (non-hydrogen) atoms. The number of para-hydroxylation sites is 1. The fourth-order valence-electron chi connectivity index (χ4n) is 4.30. The molecule has 0 aliphatic heterocycles. The Labute approximate surface area is 199 Å². The molecule has 5 nitrogen and oxygen atoms in total. The van der Waals surface area contributed by atoms with Crippen molar-refractivity contribution in [3.8, 4) is 0 Å². The van der Waals surface area contributed by atoms with Crippen LogP contribution >= 0.6 is 22.9 Å². The average Bonchev–Trinajstić information content (AvgIpc) is 3.23. The molecule has 0 radical (unpaired) electrons. The molecule has 166 valence electrons. The van der Waals surface area contributed by atoms with Crippen LogP contribution in [0, 0.1) is 27.7 Å². The topological polar surface area (TPSA) is 56.4 Å². The molecule has 0 bridgehead atoms. The second kappa shape index (κ2) is 7.97. The van der Waals surface area contributed by atoms with Gasteiger partial charge >= 0.3 is 0 Å². The van der Waals surface area contributed by atoms with Crippen molar-refractivity contribution in [1.29, 1.82) is 0 Å². The van der Waals surface area contributed by atoms with Crippen molar-refractivity contribution in [2.45, 2.75) is 34.2 Å². The zero-order valence-electron chi connectivity index (χ0n) is 18.8. The SMILES string of the molecule is Cc1nc2s/c(=C\c3c(C)n(Cc4ccc(Cl)cc4)c4c(C)cccc34)c(=O)n2c(=O)c1C. The van der Waals surface area contributed by atoms with E-state index in [-0.39, 0.29) is 11.1 Å². The summed E-state index contributed by atoms with van der Waals surface area (Å²) in [5.74, 6) is 0. The van der Waals surface area contributed by atoms with E-state index in [2.05, 4.69) is 35.5 Å². The number of halogens is 1. The third-order valence-corrected chi connectivity index (χ3v) is 7.48. The van der Waals surface area contributed by atoms with E-state index in [0.717, 1.165) is 33.3 Å². The van der Waals surface area contributed by atoms with Gasteiger partial charge in [-0.15, -0.1) is 0 Å². The molecule has 0 saturated heterocycles. The number of hydrogen-bond acceptors (Lipinski definition) is 4. The number of aromatic nitrogens is 3. The van der Waals surface area contributed by atoms with Gasteiger partial charge in [0.2, 0.25) is 4.96 Å². The van der Waals surface area contributed by atoms with Crippen molar-refractivity contribution in [3.05, 3.63) is 106 Å². The van der Waals surface area contributed by atoms with E-state index in [1.807, 2.05) is 36.4 Å². The molecule has 0 atom stereocenters. The van der Waals surface area contributed by atoms with E-state index < -0.39 is 0 Å². The summed E-state index contributed by atoms with van der Waals surface area (Å²) in [6.45, 7) is 8.35. The predicted octanol–water partition coefficient (Wildman–Crippen LogP) is 4.55. The standard InChI is InChI=1S/C26H22ClN3O2S/c1-14-6-5-7-20-21(17(4)29(23(14)20)13-18-8-10-19(27)11-9-18)12-22-25(32)30-24(31)15(2)16(3)28-26(30)33-22/h5-12H,13H2,1-4H3/b22-12-. The van der Waals surface area contributed by atoms with Gasteiger partial charge in [-0.3, -0.25) is 9.59 Å². The van der Waals surface area contributed by atoms with Gasteiger partial charge in [0.25, 0.3) is 11.1 Å². The van der Waals surface area contributed by atoms with Crippen LogP contribution in [0.15, 0.2) is 52.1 Å². The van der Waals surface area contributed by atoms with Gasteiger partial charge in [-0.1, -0.05) is 53.3 Å². The second-order valence-corrected chi connectivity index (χ2v) is 9.79. The van der Waals surface area contributed by atoms with E-state index in [4.69, 9.17) is 11.6 Å². The molecule has 0 N–H and O–H groups in total. The van der Waals surface area contributed by atoms with Gasteiger partial charge in [-0.2, -0.15) is 0 Å². The third-order valence-electron chi connectivity index (χ3n) is 6.26. The Balaban J connectivity index is 1.78. The highest BCUT2D eigenvalue weighted by atomic mass is 35.5. The summed E-state index contributed by atoms with van der Waals surface area (Å²) in [6.07, 6.45) is 1.90. The van der Waals surface area contributed by atoms with Gasteiger partial charge in [0.05, 0.1) is 10.0 Å². The first kappa shape index (κ1) is 21.6. The van der Waals surface area contributed by atoms with Crippen molar-refractivity contribution in [1.82, 2.24) is 14.0 Å². The minimum Gasteiger partial charge on any atom is -0.340 e. The first-order valence-electron chi connectivity index (χ1n) is 10.6. The van der Waals surface area contributed by atoms with Crippen LogP contribution in [-0.4, -0.2) is 14.0 Å². The van der Waals surface area contributed by atoms with E-state index in [1.165, 1.54) is 15.7 Å². The summed E-state index contributed by atoms with van der Waals surface area (Å²) >= 11 is 7.32. The van der Waals surface area contributed by atoms with Gasteiger partial charge in [-0.25, -0.2) is 9.38 Å². The molecule has 0 fully saturated rings. The third kappa shape index (κ3) is 3.50. The first-order valence-corrected chi connectivity index (χ1v) is 11.8. The Kier molecular flexibility index (Phi) is 5.22. The Morgan fingerprint density at radius 3 is 2.45 bits per heavy atom. The first-order chi connectivity index (χ1) is 15.8. The maximum Gasteiger partial charge on any atom is 0.277 e. The lowest BCUT2D eigenvalue weighted by Crippen LogP contribution is -2.32. The monoisotopic (exact) mass is 475 g/mol. The Morgan fingerprint density at radius 1 is 1.00 bits per heavy atom. The Bertz CT molecular complexity index is 1730. The van der Waals surface area contributed by atoms with Crippen molar-refractivity contribution in [3.63, 3.8) is 0 Å². The molecule has 0 spiro atoms. The van der Waals surface area contributed by atoms with Crippen LogP contribution in [0.5, 0.6) is 0 Å². The van der Waals surface area contributed by atoms with E-state index in [9.17, 15) is 9.59 Å². The highest BCUT2D eigenvalue weighted by Gasteiger charge is 2.17. The molecule has 0 amide bonds. The number of aryl methyl sites for hydroxylation is 2. The molecule has 2 aromatic carbocycles. The molecule has 7 heteroatoms. The largest absolute Gasteiger partial charge is 0.340 e. The number of benzene rings is 2. The van der Waals surface area contributed by atoms with Crippen LogP contribution in [-0.2, 0) is 6.54 Å². The fourth-order valence-corrected chi connectivity index (χ4v) is 5.42. The lowest BCUT2D eigenvalue weighted by molar-refractivity contribution is 0.801. The summed E-state index contributed by atoms with van der Waals surface area (Å²) in [4.78, 5) is 30.7. The smallest absolute Gasteiger partial charge is 0.277 e. The summed E-state index contributed by atoms with van der Waals surface area (Å²) in [5, 5.41) is 1.78. The molecule has 0 unspecified atom stereocenters. The lowest BCUT2D eigenvalue weighted by atomic mass is 10.1. The van der Waals surface area contributed by atoms with Crippen molar-refractivity contribution in [2.75, 3.05) is 0 Å². The predicted molar refractivity (Wildman–Crippen MR) is 136 cm³/mol. The zero-order chi connectivity index (χ0) is 23.4. The molecular weight excluding hydrogens is 454 g/mol. The van der Waals surface area contributed by atoms with Crippen LogP contribution in [0.4, 0.5) is 0 Å². The number of thiazole rings is 1. The van der Waals surface area contributed by atoms with Crippen molar-refractivity contribution < 1.29 is 0 Å². The van der Waals surface area contributed by atoms with Crippen molar-refractivity contribution >= 4 is 44.9 Å². The van der Waals surface area contributed by atoms with E-state index in [0.29, 0.717) is 32.3 Å². The van der Waals surface area contributed by atoms with Gasteiger partial charge in [0.15, 0.2) is 0 Å². The van der Waals surface area contributed by atoms with Gasteiger partial charge < -0.3 is 4.57 Å². The normalized spacial score (nSPS) is 12.3. The van der Waals surface area contributed by atoms with Gasteiger partial charge in [0.1, 0.15) is 0 Å². The number of fused-ring (bicyclic) bond motifs is 2. The molecular formula is C26H22ClN3O2S. The minimum atomic E-state index is -0.318. The molecule has 3 aromatic heterocycles. The molecule has 0 aliphatic carbocycles. The van der Waals surface area contributed by atoms with Crippen LogP contribution < -0.4 is 15.7 Å². The summed E-state index contributed by atoms with van der Waals surface area (Å²) in [5.41, 5.74) is 6.00. The molecule has 3 heterocycles.